The molecule has 5 rings (SSSR count). The van der Waals surface area contributed by atoms with Crippen molar-refractivity contribution in [1.29, 1.82) is 0 Å². The third-order valence-electron chi connectivity index (χ3n) is 4.60. The molecule has 0 saturated heterocycles. The lowest BCUT2D eigenvalue weighted by Gasteiger charge is -2.07. The van der Waals surface area contributed by atoms with Gasteiger partial charge >= 0.3 is 0 Å². The fraction of sp³-hybridized carbons (Fsp3) is 0.0526. The van der Waals surface area contributed by atoms with Gasteiger partial charge in [0.25, 0.3) is 0 Å². The van der Waals surface area contributed by atoms with Crippen molar-refractivity contribution in [3.63, 3.8) is 0 Å². The summed E-state index contributed by atoms with van der Waals surface area (Å²) in [4.78, 5) is 22.6. The van der Waals surface area contributed by atoms with Crippen molar-refractivity contribution in [2.75, 3.05) is 0 Å². The number of rotatable bonds is 2. The zero-order valence-corrected chi connectivity index (χ0v) is 12.7. The van der Waals surface area contributed by atoms with Crippen molar-refractivity contribution < 1.29 is 4.98 Å². The molecule has 0 aliphatic heterocycles. The molecule has 114 valence electrons. The number of aromatic amines is 2. The Morgan fingerprint density at radius 1 is 1.00 bits per heavy atom. The van der Waals surface area contributed by atoms with E-state index in [0.717, 1.165) is 44.7 Å². The minimum Gasteiger partial charge on any atom is -0.333 e. The summed E-state index contributed by atoms with van der Waals surface area (Å²) >= 11 is 0. The lowest BCUT2D eigenvalue weighted by molar-refractivity contribution is -0.376. The van der Waals surface area contributed by atoms with E-state index in [1.54, 1.807) is 0 Å². The summed E-state index contributed by atoms with van der Waals surface area (Å²) in [6, 6.07) is 15.4. The maximum atomic E-state index is 11.4. The summed E-state index contributed by atoms with van der Waals surface area (Å²) in [7, 11) is 0. The molecule has 5 nitrogen and oxygen atoms in total. The Kier molecular flexibility index (Phi) is 2.64. The number of nitrogens with one attached hydrogen (secondary N) is 2. The van der Waals surface area contributed by atoms with Crippen LogP contribution in [0.15, 0.2) is 66.1 Å². The van der Waals surface area contributed by atoms with E-state index in [2.05, 4.69) is 15.1 Å². The molecule has 2 aromatic heterocycles. The van der Waals surface area contributed by atoms with Crippen molar-refractivity contribution in [2.24, 2.45) is 5.18 Å². The maximum absolute atomic E-state index is 11.4. The molecule has 1 aliphatic carbocycles. The highest BCUT2D eigenvalue weighted by molar-refractivity contribution is 5.91. The Morgan fingerprint density at radius 2 is 1.83 bits per heavy atom. The third kappa shape index (κ3) is 1.69. The molecular weight excluding hydrogens is 300 g/mol. The topological polar surface area (TPSA) is 72.2 Å². The van der Waals surface area contributed by atoms with E-state index in [-0.39, 0.29) is 0 Å². The van der Waals surface area contributed by atoms with Crippen molar-refractivity contribution in [3.8, 4) is 22.5 Å². The van der Waals surface area contributed by atoms with Gasteiger partial charge in [-0.1, -0.05) is 47.6 Å². The fourth-order valence-electron chi connectivity index (χ4n) is 3.56. The van der Waals surface area contributed by atoms with Gasteiger partial charge in [-0.2, -0.15) is 0 Å². The van der Waals surface area contributed by atoms with Crippen LogP contribution in [-0.2, 0) is 0 Å². The first kappa shape index (κ1) is 13.1. The molecule has 0 bridgehead atoms. The van der Waals surface area contributed by atoms with E-state index in [1.165, 1.54) is 0 Å². The number of hydrogen-bond acceptors (Lipinski definition) is 3. The smallest absolute Gasteiger partial charge is 0.193 e. The van der Waals surface area contributed by atoms with Crippen LogP contribution in [0.25, 0.3) is 33.5 Å². The highest BCUT2D eigenvalue weighted by Gasteiger charge is 2.31. The van der Waals surface area contributed by atoms with Gasteiger partial charge in [0.15, 0.2) is 12.4 Å². The average Bonchev–Trinajstić information content (AvgIpc) is 3.20. The molecule has 2 aromatic carbocycles. The standard InChI is InChI=1S/C19H12N4O/c24-23-18-12-5-2-1-4-11(12)17-13(18)6-3-7-14(17)19-21-15-8-9-20-10-16(15)22-19/h1-10,18H,(H,21,22)/p+1. The molecule has 1 atom stereocenters. The van der Waals surface area contributed by atoms with Crippen LogP contribution in [0, 0.1) is 4.91 Å². The van der Waals surface area contributed by atoms with Gasteiger partial charge in [0.2, 0.25) is 0 Å². The number of hydrogen-bond donors (Lipinski definition) is 1. The maximum Gasteiger partial charge on any atom is 0.193 e. The number of fused-ring (bicyclic) bond motifs is 4. The van der Waals surface area contributed by atoms with Crippen LogP contribution < -0.4 is 4.98 Å². The molecule has 5 heteroatoms. The lowest BCUT2D eigenvalue weighted by atomic mass is 9.99. The van der Waals surface area contributed by atoms with Gasteiger partial charge in [-0.05, 0) is 22.3 Å². The van der Waals surface area contributed by atoms with Gasteiger partial charge in [0.1, 0.15) is 22.9 Å². The second-order valence-electron chi connectivity index (χ2n) is 5.89. The number of nitroso groups, excluding NO2 is 1. The summed E-state index contributed by atoms with van der Waals surface area (Å²) in [5.74, 6) is 0.794. The Labute approximate surface area is 137 Å². The summed E-state index contributed by atoms with van der Waals surface area (Å²) in [5, 5.41) is 3.36. The van der Waals surface area contributed by atoms with E-state index in [4.69, 9.17) is 4.98 Å². The molecule has 0 amide bonds. The predicted molar refractivity (Wildman–Crippen MR) is 91.2 cm³/mol. The fourth-order valence-corrected chi connectivity index (χ4v) is 3.56. The number of H-pyrrole nitrogens is 2. The number of nitrogens with zero attached hydrogens (tertiary/aromatic N) is 2. The van der Waals surface area contributed by atoms with Crippen LogP contribution in [0.3, 0.4) is 0 Å². The number of aromatic nitrogens is 3. The molecule has 1 unspecified atom stereocenters. The zero-order chi connectivity index (χ0) is 16.1. The second kappa shape index (κ2) is 4.83. The Balaban J connectivity index is 1.82. The van der Waals surface area contributed by atoms with Crippen molar-refractivity contribution in [2.45, 2.75) is 6.04 Å². The molecule has 24 heavy (non-hydrogen) atoms. The van der Waals surface area contributed by atoms with Crippen molar-refractivity contribution in [3.05, 3.63) is 77.0 Å². The van der Waals surface area contributed by atoms with Crippen molar-refractivity contribution in [1.82, 2.24) is 9.97 Å². The second-order valence-corrected chi connectivity index (χ2v) is 5.89. The van der Waals surface area contributed by atoms with Crippen LogP contribution in [-0.4, -0.2) is 9.97 Å². The molecule has 0 fully saturated rings. The van der Waals surface area contributed by atoms with Gasteiger partial charge in [0, 0.05) is 11.6 Å². The molecule has 0 spiro atoms. The summed E-state index contributed by atoms with van der Waals surface area (Å²) in [5.41, 5.74) is 6.83. The normalized spacial score (nSPS) is 15.2. The SMILES string of the molecule is O=NC1c2ccccc2-c2c(-c3nc4cc[nH+]cc4[nH]3)cccc21. The van der Waals surface area contributed by atoms with Crippen LogP contribution >= 0.6 is 0 Å². The Morgan fingerprint density at radius 3 is 2.71 bits per heavy atom. The number of imidazole rings is 1. The van der Waals surface area contributed by atoms with Crippen LogP contribution in [0.2, 0.25) is 0 Å². The van der Waals surface area contributed by atoms with Gasteiger partial charge in [-0.25, -0.2) is 9.97 Å². The van der Waals surface area contributed by atoms with Crippen molar-refractivity contribution >= 4 is 11.0 Å². The molecule has 0 saturated carbocycles. The van der Waals surface area contributed by atoms with Crippen LogP contribution in [0.1, 0.15) is 17.2 Å². The molecule has 0 radical (unpaired) electrons. The minimum absolute atomic E-state index is 0.450. The zero-order valence-electron chi connectivity index (χ0n) is 12.7. The quantitative estimate of drug-likeness (QED) is 0.570. The molecular formula is C19H13N4O+. The van der Waals surface area contributed by atoms with Gasteiger partial charge in [-0.15, -0.1) is 4.91 Å². The summed E-state index contributed by atoms with van der Waals surface area (Å²) < 4.78 is 0. The molecule has 2 heterocycles. The minimum atomic E-state index is -0.450. The lowest BCUT2D eigenvalue weighted by Crippen LogP contribution is -1.96. The average molecular weight is 313 g/mol. The number of benzene rings is 2. The monoisotopic (exact) mass is 313 g/mol. The molecule has 1 aliphatic rings. The third-order valence-corrected chi connectivity index (χ3v) is 4.60. The molecule has 4 aromatic rings. The van der Waals surface area contributed by atoms with E-state index in [9.17, 15) is 4.91 Å². The largest absolute Gasteiger partial charge is 0.333 e. The first-order chi connectivity index (χ1) is 11.9. The number of pyridine rings is 1. The summed E-state index contributed by atoms with van der Waals surface area (Å²) in [6.07, 6.45) is 3.74. The van der Waals surface area contributed by atoms with Crippen LogP contribution in [0.4, 0.5) is 0 Å². The first-order valence-electron chi connectivity index (χ1n) is 7.77. The van der Waals surface area contributed by atoms with Gasteiger partial charge in [-0.3, -0.25) is 0 Å². The van der Waals surface area contributed by atoms with Crippen LogP contribution in [0.5, 0.6) is 0 Å². The Hall–Kier alpha value is -3.34. The van der Waals surface area contributed by atoms with Gasteiger partial charge in [0.05, 0.1) is 0 Å². The first-order valence-corrected chi connectivity index (χ1v) is 7.77. The Bertz CT molecular complexity index is 1070. The van der Waals surface area contributed by atoms with E-state index >= 15 is 0 Å². The summed E-state index contributed by atoms with van der Waals surface area (Å²) in [6.45, 7) is 0. The highest BCUT2D eigenvalue weighted by atomic mass is 16.3. The molecule has 2 N–H and O–H groups in total. The van der Waals surface area contributed by atoms with E-state index in [0.29, 0.717) is 0 Å². The highest BCUT2D eigenvalue weighted by Crippen LogP contribution is 2.48. The van der Waals surface area contributed by atoms with Gasteiger partial charge < -0.3 is 4.98 Å². The van der Waals surface area contributed by atoms with E-state index < -0.39 is 6.04 Å². The van der Waals surface area contributed by atoms with E-state index in [1.807, 2.05) is 60.9 Å². The predicted octanol–water partition coefficient (Wildman–Crippen LogP) is 3.88.